The standard InChI is InChI=1S/C13H18N2O2/c1-14-10-8-7-9-5-4-6-11(12(9)10)17-13(16)15(2)3/h4-6,10,14H,7-8H2,1-3H3. The second kappa shape index (κ2) is 4.75. The van der Waals surface area contributed by atoms with Crippen molar-refractivity contribution in [1.29, 1.82) is 0 Å². The zero-order valence-electron chi connectivity index (χ0n) is 10.5. The molecule has 1 aliphatic rings. The van der Waals surface area contributed by atoms with Crippen LogP contribution in [0.3, 0.4) is 0 Å². The SMILES string of the molecule is CNC1CCc2cccc(OC(=O)N(C)C)c21. The van der Waals surface area contributed by atoms with Crippen LogP contribution >= 0.6 is 0 Å². The molecule has 0 heterocycles. The quantitative estimate of drug-likeness (QED) is 0.850. The fourth-order valence-corrected chi connectivity index (χ4v) is 2.21. The molecule has 1 aromatic rings. The van der Waals surface area contributed by atoms with Gasteiger partial charge in [-0.05, 0) is 31.5 Å². The van der Waals surface area contributed by atoms with Crippen molar-refractivity contribution in [3.05, 3.63) is 29.3 Å². The third-order valence-corrected chi connectivity index (χ3v) is 3.12. The van der Waals surface area contributed by atoms with Crippen molar-refractivity contribution in [2.45, 2.75) is 18.9 Å². The molecule has 0 fully saturated rings. The summed E-state index contributed by atoms with van der Waals surface area (Å²) in [5.41, 5.74) is 2.40. The lowest BCUT2D eigenvalue weighted by Crippen LogP contribution is -2.26. The lowest BCUT2D eigenvalue weighted by Gasteiger charge is -2.17. The van der Waals surface area contributed by atoms with Crippen molar-refractivity contribution in [3.8, 4) is 5.75 Å². The second-order valence-electron chi connectivity index (χ2n) is 4.47. The Bertz CT molecular complexity index is 429. The monoisotopic (exact) mass is 234 g/mol. The number of hydrogen-bond donors (Lipinski definition) is 1. The maximum atomic E-state index is 11.6. The van der Waals surface area contributed by atoms with Gasteiger partial charge in [-0.25, -0.2) is 4.79 Å². The summed E-state index contributed by atoms with van der Waals surface area (Å²) in [5.74, 6) is 0.679. The molecular weight excluding hydrogens is 216 g/mol. The average Bonchev–Trinajstić information content (AvgIpc) is 2.72. The summed E-state index contributed by atoms with van der Waals surface area (Å²) in [5, 5.41) is 3.26. The van der Waals surface area contributed by atoms with Gasteiger partial charge in [-0.2, -0.15) is 0 Å². The Labute approximate surface area is 102 Å². The normalized spacial score (nSPS) is 17.7. The van der Waals surface area contributed by atoms with Crippen molar-refractivity contribution in [3.63, 3.8) is 0 Å². The van der Waals surface area contributed by atoms with Crippen molar-refractivity contribution < 1.29 is 9.53 Å². The van der Waals surface area contributed by atoms with Crippen LogP contribution in [-0.4, -0.2) is 32.1 Å². The number of aryl methyl sites for hydroxylation is 1. The van der Waals surface area contributed by atoms with E-state index in [0.29, 0.717) is 5.75 Å². The van der Waals surface area contributed by atoms with Gasteiger partial charge in [0.1, 0.15) is 5.75 Å². The van der Waals surface area contributed by atoms with Gasteiger partial charge in [-0.1, -0.05) is 12.1 Å². The molecule has 4 heteroatoms. The van der Waals surface area contributed by atoms with Gasteiger partial charge < -0.3 is 15.0 Å². The highest BCUT2D eigenvalue weighted by molar-refractivity contribution is 5.71. The summed E-state index contributed by atoms with van der Waals surface area (Å²) in [4.78, 5) is 13.0. The summed E-state index contributed by atoms with van der Waals surface area (Å²) in [6.45, 7) is 0. The third-order valence-electron chi connectivity index (χ3n) is 3.12. The molecule has 0 radical (unpaired) electrons. The Morgan fingerprint density at radius 1 is 1.47 bits per heavy atom. The minimum atomic E-state index is -0.333. The van der Waals surface area contributed by atoms with Gasteiger partial charge in [0.05, 0.1) is 0 Å². The van der Waals surface area contributed by atoms with E-state index >= 15 is 0 Å². The molecule has 1 aromatic carbocycles. The summed E-state index contributed by atoms with van der Waals surface area (Å²) in [7, 11) is 5.30. The number of benzene rings is 1. The molecule has 0 bridgehead atoms. The topological polar surface area (TPSA) is 41.6 Å². The number of fused-ring (bicyclic) bond motifs is 1. The van der Waals surface area contributed by atoms with Crippen molar-refractivity contribution >= 4 is 6.09 Å². The number of ether oxygens (including phenoxy) is 1. The summed E-state index contributed by atoms with van der Waals surface area (Å²) in [6, 6.07) is 6.18. The number of carbonyl (C=O) groups excluding carboxylic acids is 1. The fourth-order valence-electron chi connectivity index (χ4n) is 2.21. The number of nitrogens with zero attached hydrogens (tertiary/aromatic N) is 1. The number of nitrogens with one attached hydrogen (secondary N) is 1. The van der Waals surface area contributed by atoms with E-state index in [0.717, 1.165) is 18.4 Å². The molecule has 0 aliphatic heterocycles. The Balaban J connectivity index is 2.30. The predicted octanol–water partition coefficient (Wildman–Crippen LogP) is 1.95. The van der Waals surface area contributed by atoms with E-state index in [-0.39, 0.29) is 12.1 Å². The number of carbonyl (C=O) groups is 1. The van der Waals surface area contributed by atoms with Gasteiger partial charge in [0.25, 0.3) is 0 Å². The van der Waals surface area contributed by atoms with E-state index in [9.17, 15) is 4.79 Å². The highest BCUT2D eigenvalue weighted by atomic mass is 16.6. The summed E-state index contributed by atoms with van der Waals surface area (Å²) >= 11 is 0. The van der Waals surface area contributed by atoms with Gasteiger partial charge in [0.15, 0.2) is 0 Å². The first-order valence-corrected chi connectivity index (χ1v) is 5.81. The minimum Gasteiger partial charge on any atom is -0.410 e. The predicted molar refractivity (Wildman–Crippen MR) is 66.3 cm³/mol. The van der Waals surface area contributed by atoms with Crippen LogP contribution in [-0.2, 0) is 6.42 Å². The lowest BCUT2D eigenvalue weighted by atomic mass is 10.1. The fraction of sp³-hybridized carbons (Fsp3) is 0.462. The van der Waals surface area contributed by atoms with E-state index < -0.39 is 0 Å². The molecule has 1 N–H and O–H groups in total. The molecule has 1 atom stereocenters. The molecule has 1 unspecified atom stereocenters. The molecule has 0 saturated heterocycles. The zero-order chi connectivity index (χ0) is 12.4. The van der Waals surface area contributed by atoms with Crippen LogP contribution in [0, 0.1) is 0 Å². The van der Waals surface area contributed by atoms with Gasteiger partial charge in [-0.15, -0.1) is 0 Å². The number of hydrogen-bond acceptors (Lipinski definition) is 3. The highest BCUT2D eigenvalue weighted by Crippen LogP contribution is 2.37. The van der Waals surface area contributed by atoms with Gasteiger partial charge >= 0.3 is 6.09 Å². The van der Waals surface area contributed by atoms with E-state index in [1.807, 2.05) is 19.2 Å². The van der Waals surface area contributed by atoms with Crippen LogP contribution in [0.4, 0.5) is 4.79 Å². The first-order valence-electron chi connectivity index (χ1n) is 5.81. The van der Waals surface area contributed by atoms with Gasteiger partial charge in [0, 0.05) is 25.7 Å². The number of rotatable bonds is 2. The van der Waals surface area contributed by atoms with E-state index in [1.165, 1.54) is 10.5 Å². The zero-order valence-corrected chi connectivity index (χ0v) is 10.5. The van der Waals surface area contributed by atoms with Gasteiger partial charge in [0.2, 0.25) is 0 Å². The van der Waals surface area contributed by atoms with E-state index in [2.05, 4.69) is 11.4 Å². The van der Waals surface area contributed by atoms with E-state index in [4.69, 9.17) is 4.74 Å². The molecule has 0 saturated carbocycles. The molecule has 0 spiro atoms. The molecule has 17 heavy (non-hydrogen) atoms. The largest absolute Gasteiger partial charge is 0.414 e. The molecule has 92 valence electrons. The van der Waals surface area contributed by atoms with E-state index in [1.54, 1.807) is 14.1 Å². The first-order chi connectivity index (χ1) is 8.13. The molecule has 0 aromatic heterocycles. The smallest absolute Gasteiger partial charge is 0.410 e. The minimum absolute atomic E-state index is 0.288. The van der Waals surface area contributed by atoms with Crippen LogP contribution in [0.25, 0.3) is 0 Å². The van der Waals surface area contributed by atoms with Crippen LogP contribution in [0.15, 0.2) is 18.2 Å². The Morgan fingerprint density at radius 3 is 2.88 bits per heavy atom. The molecular formula is C13H18N2O2. The van der Waals surface area contributed by atoms with Crippen LogP contribution in [0.1, 0.15) is 23.6 Å². The first kappa shape index (κ1) is 11.9. The molecule has 4 nitrogen and oxygen atoms in total. The average molecular weight is 234 g/mol. The Morgan fingerprint density at radius 2 is 2.24 bits per heavy atom. The molecule has 1 aliphatic carbocycles. The number of amides is 1. The summed E-state index contributed by atoms with van der Waals surface area (Å²) < 4.78 is 5.40. The van der Waals surface area contributed by atoms with Crippen molar-refractivity contribution in [2.75, 3.05) is 21.1 Å². The highest BCUT2D eigenvalue weighted by Gasteiger charge is 2.25. The maximum Gasteiger partial charge on any atom is 0.414 e. The summed E-state index contributed by atoms with van der Waals surface area (Å²) in [6.07, 6.45) is 1.76. The lowest BCUT2D eigenvalue weighted by molar-refractivity contribution is 0.171. The van der Waals surface area contributed by atoms with Gasteiger partial charge in [-0.3, -0.25) is 0 Å². The molecule has 1 amide bonds. The second-order valence-corrected chi connectivity index (χ2v) is 4.47. The Hall–Kier alpha value is -1.55. The maximum absolute atomic E-state index is 11.6. The Kier molecular flexibility index (Phi) is 3.33. The molecule has 2 rings (SSSR count). The van der Waals surface area contributed by atoms with Crippen LogP contribution in [0.5, 0.6) is 5.75 Å². The van der Waals surface area contributed by atoms with Crippen molar-refractivity contribution in [1.82, 2.24) is 10.2 Å². The third kappa shape index (κ3) is 2.26. The van der Waals surface area contributed by atoms with Crippen molar-refractivity contribution in [2.24, 2.45) is 0 Å². The van der Waals surface area contributed by atoms with Crippen LogP contribution < -0.4 is 10.1 Å². The van der Waals surface area contributed by atoms with Crippen LogP contribution in [0.2, 0.25) is 0 Å².